The van der Waals surface area contributed by atoms with E-state index in [9.17, 15) is 8.42 Å². The van der Waals surface area contributed by atoms with Crippen LogP contribution in [0.4, 0.5) is 17.3 Å². The van der Waals surface area contributed by atoms with Crippen molar-refractivity contribution < 1.29 is 8.42 Å². The molecule has 7 heteroatoms. The van der Waals surface area contributed by atoms with E-state index >= 15 is 0 Å². The van der Waals surface area contributed by atoms with Crippen LogP contribution in [0.5, 0.6) is 0 Å². The quantitative estimate of drug-likeness (QED) is 0.784. The second kappa shape index (κ2) is 8.25. The molecule has 2 heterocycles. The summed E-state index contributed by atoms with van der Waals surface area (Å²) in [4.78, 5) is 10.9. The second-order valence-electron chi connectivity index (χ2n) is 6.89. The fraction of sp³-hybridized carbons (Fsp3) is 0.500. The Kier molecular flexibility index (Phi) is 5.99. The topological polar surface area (TPSA) is 75.2 Å². The zero-order chi connectivity index (χ0) is 19.4. The minimum absolute atomic E-state index is 0.0168. The Morgan fingerprint density at radius 1 is 1.15 bits per heavy atom. The second-order valence-corrected chi connectivity index (χ2v) is 9.12. The summed E-state index contributed by atoms with van der Waals surface area (Å²) in [5.41, 5.74) is 3.62. The maximum absolute atomic E-state index is 11.9. The van der Waals surface area contributed by atoms with Crippen LogP contribution >= 0.6 is 0 Å². The third-order valence-corrected chi connectivity index (χ3v) is 6.94. The molecule has 1 aromatic heterocycles. The number of para-hydroxylation sites is 1. The van der Waals surface area contributed by atoms with E-state index in [1.807, 2.05) is 13.0 Å². The molecule has 6 nitrogen and oxygen atoms in total. The van der Waals surface area contributed by atoms with E-state index in [4.69, 9.17) is 0 Å². The summed E-state index contributed by atoms with van der Waals surface area (Å²) in [7, 11) is -2.94. The molecule has 1 N–H and O–H groups in total. The molecule has 0 spiro atoms. The summed E-state index contributed by atoms with van der Waals surface area (Å²) in [6, 6.07) is 8.25. The first-order valence-electron chi connectivity index (χ1n) is 9.64. The van der Waals surface area contributed by atoms with Crippen molar-refractivity contribution in [3.05, 3.63) is 41.7 Å². The summed E-state index contributed by atoms with van der Waals surface area (Å²) in [6.45, 7) is 7.03. The van der Waals surface area contributed by atoms with Crippen molar-refractivity contribution in [3.8, 4) is 0 Å². The first kappa shape index (κ1) is 19.6. The van der Waals surface area contributed by atoms with E-state index in [2.05, 4.69) is 52.2 Å². The van der Waals surface area contributed by atoms with Crippen LogP contribution in [0.2, 0.25) is 0 Å². The number of rotatable bonds is 7. The predicted octanol–water partition coefficient (Wildman–Crippen LogP) is 3.36. The molecule has 27 heavy (non-hydrogen) atoms. The smallest absolute Gasteiger partial charge is 0.152 e. The first-order valence-corrected chi connectivity index (χ1v) is 11.5. The fourth-order valence-electron chi connectivity index (χ4n) is 3.73. The molecule has 1 aromatic carbocycles. The lowest BCUT2D eigenvalue weighted by atomic mass is 10.0. The molecule has 1 atom stereocenters. The molecule has 0 radical (unpaired) electrons. The van der Waals surface area contributed by atoms with Crippen LogP contribution in [0.15, 0.2) is 30.6 Å². The molecular formula is C20H28N4O2S. The van der Waals surface area contributed by atoms with Crippen LogP contribution in [-0.4, -0.2) is 42.5 Å². The highest BCUT2D eigenvalue weighted by Crippen LogP contribution is 2.28. The highest BCUT2D eigenvalue weighted by atomic mass is 32.2. The van der Waals surface area contributed by atoms with Crippen LogP contribution < -0.4 is 10.2 Å². The molecule has 146 valence electrons. The number of hydrogen-bond donors (Lipinski definition) is 1. The number of nitrogens with one attached hydrogen (secondary N) is 1. The normalized spacial score (nSPS) is 18.4. The SMILES string of the molecule is CCc1cccc(CC)c1Nc1cc(N(CC)C2CCS(=O)(=O)C2)ncn1. The predicted molar refractivity (Wildman–Crippen MR) is 111 cm³/mol. The van der Waals surface area contributed by atoms with Crippen molar-refractivity contribution in [2.75, 3.05) is 28.3 Å². The highest BCUT2D eigenvalue weighted by Gasteiger charge is 2.32. The van der Waals surface area contributed by atoms with Gasteiger partial charge < -0.3 is 10.2 Å². The number of aromatic nitrogens is 2. The van der Waals surface area contributed by atoms with Crippen LogP contribution in [0.3, 0.4) is 0 Å². The molecule has 0 saturated carbocycles. The highest BCUT2D eigenvalue weighted by molar-refractivity contribution is 7.91. The average molecular weight is 389 g/mol. The molecule has 0 aliphatic carbocycles. The lowest BCUT2D eigenvalue weighted by Crippen LogP contribution is -2.36. The number of anilines is 3. The van der Waals surface area contributed by atoms with Gasteiger partial charge in [-0.25, -0.2) is 18.4 Å². The van der Waals surface area contributed by atoms with Gasteiger partial charge in [-0.2, -0.15) is 0 Å². The number of hydrogen-bond acceptors (Lipinski definition) is 6. The van der Waals surface area contributed by atoms with Gasteiger partial charge >= 0.3 is 0 Å². The Labute approximate surface area is 162 Å². The Bertz CT molecular complexity index is 876. The fourth-order valence-corrected chi connectivity index (χ4v) is 5.46. The number of aryl methyl sites for hydroxylation is 2. The number of nitrogens with zero attached hydrogens (tertiary/aromatic N) is 3. The zero-order valence-electron chi connectivity index (χ0n) is 16.3. The average Bonchev–Trinajstić information content (AvgIpc) is 3.02. The van der Waals surface area contributed by atoms with Crippen molar-refractivity contribution in [1.82, 2.24) is 9.97 Å². The summed E-state index contributed by atoms with van der Waals surface area (Å²) in [5, 5.41) is 3.47. The molecule has 0 amide bonds. The third-order valence-electron chi connectivity index (χ3n) is 5.19. The Morgan fingerprint density at radius 3 is 2.41 bits per heavy atom. The van der Waals surface area contributed by atoms with Crippen LogP contribution in [0.25, 0.3) is 0 Å². The lowest BCUT2D eigenvalue weighted by molar-refractivity contribution is 0.599. The molecule has 1 aliphatic heterocycles. The molecule has 3 rings (SSSR count). The van der Waals surface area contributed by atoms with Gasteiger partial charge in [0, 0.05) is 24.3 Å². The zero-order valence-corrected chi connectivity index (χ0v) is 17.1. The van der Waals surface area contributed by atoms with Crippen molar-refractivity contribution in [3.63, 3.8) is 0 Å². The molecule has 1 fully saturated rings. The van der Waals surface area contributed by atoms with Gasteiger partial charge in [0.1, 0.15) is 18.0 Å². The van der Waals surface area contributed by atoms with E-state index in [0.717, 1.165) is 30.2 Å². The molecule has 0 bridgehead atoms. The number of benzene rings is 1. The van der Waals surface area contributed by atoms with Crippen molar-refractivity contribution in [2.24, 2.45) is 0 Å². The molecule has 1 unspecified atom stereocenters. The van der Waals surface area contributed by atoms with Crippen molar-refractivity contribution >= 4 is 27.2 Å². The number of sulfone groups is 1. The van der Waals surface area contributed by atoms with Gasteiger partial charge in [0.2, 0.25) is 0 Å². The lowest BCUT2D eigenvalue weighted by Gasteiger charge is -2.28. The van der Waals surface area contributed by atoms with E-state index in [0.29, 0.717) is 13.0 Å². The molecule has 2 aromatic rings. The first-order chi connectivity index (χ1) is 13.0. The summed E-state index contributed by atoms with van der Waals surface area (Å²) >= 11 is 0. The van der Waals surface area contributed by atoms with E-state index in [1.54, 1.807) is 6.33 Å². The van der Waals surface area contributed by atoms with Crippen LogP contribution in [0.1, 0.15) is 38.3 Å². The molecule has 1 saturated heterocycles. The van der Waals surface area contributed by atoms with Gasteiger partial charge in [0.15, 0.2) is 9.84 Å². The van der Waals surface area contributed by atoms with Crippen LogP contribution in [-0.2, 0) is 22.7 Å². The summed E-state index contributed by atoms with van der Waals surface area (Å²) < 4.78 is 23.7. The van der Waals surface area contributed by atoms with Gasteiger partial charge in [-0.15, -0.1) is 0 Å². The summed E-state index contributed by atoms with van der Waals surface area (Å²) in [6.07, 6.45) is 4.08. The minimum atomic E-state index is -2.94. The molecule has 1 aliphatic rings. The van der Waals surface area contributed by atoms with Gasteiger partial charge in [0.25, 0.3) is 0 Å². The van der Waals surface area contributed by atoms with Gasteiger partial charge in [-0.3, -0.25) is 0 Å². The Balaban J connectivity index is 1.88. The Hall–Kier alpha value is -2.15. The van der Waals surface area contributed by atoms with Gasteiger partial charge in [-0.1, -0.05) is 32.0 Å². The standard InChI is InChI=1S/C20H28N4O2S/c1-4-15-8-7-9-16(5-2)20(15)23-18-12-19(22-14-21-18)24(6-3)17-10-11-27(25,26)13-17/h7-9,12,14,17H,4-6,10-11,13H2,1-3H3,(H,21,22,23). The van der Waals surface area contributed by atoms with Gasteiger partial charge in [-0.05, 0) is 37.3 Å². The van der Waals surface area contributed by atoms with E-state index in [1.165, 1.54) is 11.1 Å². The third kappa shape index (κ3) is 4.40. The maximum atomic E-state index is 11.9. The summed E-state index contributed by atoms with van der Waals surface area (Å²) in [5.74, 6) is 1.96. The van der Waals surface area contributed by atoms with Crippen molar-refractivity contribution in [1.29, 1.82) is 0 Å². The van der Waals surface area contributed by atoms with E-state index < -0.39 is 9.84 Å². The van der Waals surface area contributed by atoms with Crippen molar-refractivity contribution in [2.45, 2.75) is 46.1 Å². The monoisotopic (exact) mass is 388 g/mol. The maximum Gasteiger partial charge on any atom is 0.152 e. The molecular weight excluding hydrogens is 360 g/mol. The van der Waals surface area contributed by atoms with Crippen LogP contribution in [0, 0.1) is 0 Å². The largest absolute Gasteiger partial charge is 0.353 e. The van der Waals surface area contributed by atoms with E-state index in [-0.39, 0.29) is 17.5 Å². The Morgan fingerprint density at radius 2 is 1.85 bits per heavy atom. The van der Waals surface area contributed by atoms with Gasteiger partial charge in [0.05, 0.1) is 11.5 Å². The minimum Gasteiger partial charge on any atom is -0.353 e.